The van der Waals surface area contributed by atoms with Gasteiger partial charge in [0.1, 0.15) is 11.4 Å². The molecule has 164 valence electrons. The molecule has 1 fully saturated rings. The normalized spacial score (nSPS) is 16.2. The van der Waals surface area contributed by atoms with Crippen LogP contribution < -0.4 is 26.4 Å². The number of hydrogen-bond donors (Lipinski definition) is 2. The number of benzene rings is 2. The van der Waals surface area contributed by atoms with Crippen LogP contribution in [0.4, 0.5) is 17.1 Å². The van der Waals surface area contributed by atoms with Crippen LogP contribution in [-0.2, 0) is 13.0 Å². The van der Waals surface area contributed by atoms with Gasteiger partial charge in [0.05, 0.1) is 0 Å². The molecular weight excluding hydrogens is 402 g/mol. The minimum absolute atomic E-state index is 0.00379. The lowest BCUT2D eigenvalue weighted by atomic mass is 9.95. The summed E-state index contributed by atoms with van der Waals surface area (Å²) in [7, 11) is 0. The third-order valence-electron chi connectivity index (χ3n) is 6.67. The number of fused-ring (bicyclic) bond motifs is 1. The molecule has 3 aromatic carbocycles. The average molecular weight is 430 g/mol. The largest absolute Gasteiger partial charge is 0.377 e. The van der Waals surface area contributed by atoms with Gasteiger partial charge in [0.15, 0.2) is 0 Å². The van der Waals surface area contributed by atoms with Crippen LogP contribution in [0, 0.1) is 0 Å². The van der Waals surface area contributed by atoms with Gasteiger partial charge in [-0.25, -0.2) is 0 Å². The number of nitrogens with zero attached hydrogens (tertiary/aromatic N) is 1. The Labute approximate surface area is 187 Å². The summed E-state index contributed by atoms with van der Waals surface area (Å²) >= 11 is 0. The van der Waals surface area contributed by atoms with Crippen LogP contribution in [0.3, 0.4) is 0 Å². The van der Waals surface area contributed by atoms with Crippen molar-refractivity contribution in [3.05, 3.63) is 85.7 Å². The maximum absolute atomic E-state index is 13.0. The molecule has 3 aromatic rings. The van der Waals surface area contributed by atoms with Gasteiger partial charge in [0.2, 0.25) is 0 Å². The van der Waals surface area contributed by atoms with Gasteiger partial charge >= 0.3 is 0 Å². The molecule has 1 heterocycles. The Balaban J connectivity index is 1.23. The number of rotatable bonds is 6. The molecule has 0 bridgehead atoms. The number of para-hydroxylation sites is 1. The number of nitrogens with one attached hydrogen (secondary N) is 2. The van der Waals surface area contributed by atoms with Crippen molar-refractivity contribution in [2.75, 3.05) is 22.1 Å². The third kappa shape index (κ3) is 3.81. The summed E-state index contributed by atoms with van der Waals surface area (Å²) in [5.74, 6) is -0.00379. The highest BCUT2D eigenvalue weighted by atomic mass is 16.2. The molecule has 6 nitrogen and oxygen atoms in total. The zero-order chi connectivity index (χ0) is 22.1. The first-order valence-electron chi connectivity index (χ1n) is 11.4. The summed E-state index contributed by atoms with van der Waals surface area (Å²) in [6.45, 7) is 1.12. The highest BCUT2D eigenvalue weighted by molar-refractivity contribution is 6.07. The van der Waals surface area contributed by atoms with Crippen LogP contribution in [-0.4, -0.2) is 18.5 Å². The summed E-state index contributed by atoms with van der Waals surface area (Å²) in [6, 6.07) is 15.7. The van der Waals surface area contributed by atoms with Crippen molar-refractivity contribution < 1.29 is 4.79 Å². The first kappa shape index (κ1) is 20.5. The van der Waals surface area contributed by atoms with Gasteiger partial charge < -0.3 is 15.5 Å². The Kier molecular flexibility index (Phi) is 5.52. The molecule has 32 heavy (non-hydrogen) atoms. The molecule has 0 aromatic heterocycles. The van der Waals surface area contributed by atoms with Crippen molar-refractivity contribution in [3.63, 3.8) is 0 Å². The fourth-order valence-corrected chi connectivity index (χ4v) is 4.81. The second kappa shape index (κ2) is 8.61. The summed E-state index contributed by atoms with van der Waals surface area (Å²) in [5, 5.41) is 6.41. The maximum atomic E-state index is 13.0. The monoisotopic (exact) mass is 429 g/mol. The molecule has 2 aliphatic rings. The van der Waals surface area contributed by atoms with E-state index in [0.29, 0.717) is 30.0 Å². The molecule has 2 N–H and O–H groups in total. The highest BCUT2D eigenvalue weighted by Crippen LogP contribution is 2.29. The highest BCUT2D eigenvalue weighted by Gasteiger charge is 2.26. The van der Waals surface area contributed by atoms with Crippen molar-refractivity contribution in [1.82, 2.24) is 0 Å². The minimum atomic E-state index is -0.456. The number of anilines is 3. The quantitative estimate of drug-likeness (QED) is 0.582. The first-order valence-corrected chi connectivity index (χ1v) is 11.4. The zero-order valence-corrected chi connectivity index (χ0v) is 18.0. The molecule has 1 aliphatic heterocycles. The van der Waals surface area contributed by atoms with E-state index < -0.39 is 10.9 Å². The van der Waals surface area contributed by atoms with E-state index in [2.05, 4.69) is 16.7 Å². The van der Waals surface area contributed by atoms with Gasteiger partial charge in [0, 0.05) is 30.4 Å². The van der Waals surface area contributed by atoms with Crippen molar-refractivity contribution in [1.29, 1.82) is 0 Å². The van der Waals surface area contributed by atoms with Crippen molar-refractivity contribution in [3.8, 4) is 0 Å². The fourth-order valence-electron chi connectivity index (χ4n) is 4.81. The number of hydrogen-bond acceptors (Lipinski definition) is 5. The van der Waals surface area contributed by atoms with E-state index >= 15 is 0 Å². The number of amides is 1. The molecule has 0 unspecified atom stereocenters. The van der Waals surface area contributed by atoms with Crippen LogP contribution in [0.5, 0.6) is 0 Å². The SMILES string of the molecule is O=C(c1ccc(CNc2c(NC3CCCCC3)c(=O)c2=O)cc1)N1CCc2ccccc21. The smallest absolute Gasteiger partial charge is 0.258 e. The van der Waals surface area contributed by atoms with Crippen molar-refractivity contribution >= 4 is 23.0 Å². The van der Waals surface area contributed by atoms with Crippen molar-refractivity contribution in [2.24, 2.45) is 0 Å². The topological polar surface area (TPSA) is 78.5 Å². The lowest BCUT2D eigenvalue weighted by Crippen LogP contribution is -2.40. The Morgan fingerprint density at radius 2 is 1.62 bits per heavy atom. The van der Waals surface area contributed by atoms with Crippen LogP contribution in [0.15, 0.2) is 58.1 Å². The predicted octanol–water partition coefficient (Wildman–Crippen LogP) is 3.84. The minimum Gasteiger partial charge on any atom is -0.377 e. The van der Waals surface area contributed by atoms with E-state index in [0.717, 1.165) is 43.4 Å². The summed E-state index contributed by atoms with van der Waals surface area (Å²) in [4.78, 5) is 38.9. The maximum Gasteiger partial charge on any atom is 0.258 e. The molecule has 0 atom stereocenters. The van der Waals surface area contributed by atoms with Gasteiger partial charge in [-0.3, -0.25) is 14.4 Å². The third-order valence-corrected chi connectivity index (χ3v) is 6.67. The molecule has 1 aliphatic carbocycles. The first-order chi connectivity index (χ1) is 15.6. The zero-order valence-electron chi connectivity index (χ0n) is 18.0. The second-order valence-corrected chi connectivity index (χ2v) is 8.77. The summed E-state index contributed by atoms with van der Waals surface area (Å²) < 4.78 is 0. The van der Waals surface area contributed by atoms with E-state index in [1.807, 2.05) is 47.4 Å². The van der Waals surface area contributed by atoms with Gasteiger partial charge in [-0.15, -0.1) is 0 Å². The van der Waals surface area contributed by atoms with Crippen molar-refractivity contribution in [2.45, 2.75) is 51.1 Å². The molecule has 1 amide bonds. The van der Waals surface area contributed by atoms with E-state index in [1.54, 1.807) is 0 Å². The van der Waals surface area contributed by atoms with Crippen LogP contribution in [0.1, 0.15) is 53.6 Å². The van der Waals surface area contributed by atoms with E-state index in [4.69, 9.17) is 0 Å². The Bertz CT molecular complexity index is 1200. The van der Waals surface area contributed by atoms with Gasteiger partial charge in [0.25, 0.3) is 16.8 Å². The van der Waals surface area contributed by atoms with Crippen LogP contribution in [0.2, 0.25) is 0 Å². The fraction of sp³-hybridized carbons (Fsp3) is 0.346. The molecule has 0 saturated heterocycles. The molecule has 6 heteroatoms. The second-order valence-electron chi connectivity index (χ2n) is 8.77. The van der Waals surface area contributed by atoms with Gasteiger partial charge in [-0.1, -0.05) is 49.6 Å². The number of carbonyl (C=O) groups excluding carboxylic acids is 1. The lowest BCUT2D eigenvalue weighted by molar-refractivity contribution is 0.0989. The van der Waals surface area contributed by atoms with Crippen LogP contribution >= 0.6 is 0 Å². The predicted molar refractivity (Wildman–Crippen MR) is 127 cm³/mol. The average Bonchev–Trinajstić information content (AvgIpc) is 3.28. The molecule has 5 rings (SSSR count). The lowest BCUT2D eigenvalue weighted by Gasteiger charge is -2.25. The summed E-state index contributed by atoms with van der Waals surface area (Å²) in [6.07, 6.45) is 6.50. The molecule has 1 saturated carbocycles. The summed E-state index contributed by atoms with van der Waals surface area (Å²) in [5.41, 5.74) is 3.71. The standard InChI is InChI=1S/C26H27N3O3/c30-24-22(23(25(24)31)28-20-7-2-1-3-8-20)27-16-17-10-12-19(13-11-17)26(32)29-15-14-18-6-4-5-9-21(18)29/h4-6,9-13,20,27-28H,1-3,7-8,14-16H2. The van der Waals surface area contributed by atoms with E-state index in [1.165, 1.54) is 12.0 Å². The Hall–Kier alpha value is -3.41. The molecular formula is C26H27N3O3. The van der Waals surface area contributed by atoms with E-state index in [-0.39, 0.29) is 11.9 Å². The van der Waals surface area contributed by atoms with Gasteiger partial charge in [-0.05, 0) is 48.6 Å². The van der Waals surface area contributed by atoms with Gasteiger partial charge in [-0.2, -0.15) is 0 Å². The molecule has 0 spiro atoms. The molecule has 0 radical (unpaired) electrons. The Morgan fingerprint density at radius 1 is 0.906 bits per heavy atom. The Morgan fingerprint density at radius 3 is 2.41 bits per heavy atom. The van der Waals surface area contributed by atoms with Crippen LogP contribution in [0.25, 0.3) is 0 Å². The number of carbonyl (C=O) groups is 1. The van der Waals surface area contributed by atoms with E-state index in [9.17, 15) is 14.4 Å².